The molecular weight excluding hydrogens is 331 g/mol. The quantitative estimate of drug-likeness (QED) is 0.828. The van der Waals surface area contributed by atoms with Crippen LogP contribution in [0.25, 0.3) is 0 Å². The number of carbonyl (C=O) groups is 1. The zero-order chi connectivity index (χ0) is 17.9. The van der Waals surface area contributed by atoms with Gasteiger partial charge in [-0.05, 0) is 43.4 Å². The molecule has 1 aromatic carbocycles. The highest BCUT2D eigenvalue weighted by Crippen LogP contribution is 2.32. The highest BCUT2D eigenvalue weighted by atomic mass is 19.1. The van der Waals surface area contributed by atoms with Crippen LogP contribution < -0.4 is 4.90 Å². The van der Waals surface area contributed by atoms with Crippen molar-refractivity contribution in [3.8, 4) is 0 Å². The van der Waals surface area contributed by atoms with Crippen LogP contribution in [0.4, 0.5) is 10.2 Å². The van der Waals surface area contributed by atoms with Crippen molar-refractivity contribution in [2.75, 3.05) is 18.0 Å². The first-order valence-corrected chi connectivity index (χ1v) is 9.26. The summed E-state index contributed by atoms with van der Waals surface area (Å²) in [5.74, 6) is 0.882. The molecule has 1 aromatic heterocycles. The topological polar surface area (TPSA) is 49.3 Å². The van der Waals surface area contributed by atoms with Gasteiger partial charge in [-0.25, -0.2) is 9.37 Å². The maximum Gasteiger partial charge on any atom is 0.226 e. The van der Waals surface area contributed by atoms with Crippen LogP contribution >= 0.6 is 0 Å². The molecule has 136 valence electrons. The van der Waals surface area contributed by atoms with Gasteiger partial charge in [-0.3, -0.25) is 9.78 Å². The molecule has 2 aromatic rings. The molecule has 0 bridgehead atoms. The van der Waals surface area contributed by atoms with E-state index in [4.69, 9.17) is 0 Å². The zero-order valence-electron chi connectivity index (χ0n) is 14.7. The van der Waals surface area contributed by atoms with Gasteiger partial charge in [0.2, 0.25) is 5.91 Å². The lowest BCUT2D eigenvalue weighted by Gasteiger charge is -2.35. The molecule has 26 heavy (non-hydrogen) atoms. The second kappa shape index (κ2) is 7.40. The Morgan fingerprint density at radius 3 is 2.65 bits per heavy atom. The van der Waals surface area contributed by atoms with E-state index in [9.17, 15) is 9.18 Å². The van der Waals surface area contributed by atoms with Crippen LogP contribution in [0.3, 0.4) is 0 Å². The molecule has 6 heteroatoms. The molecule has 2 heterocycles. The van der Waals surface area contributed by atoms with Crippen LogP contribution in [0.2, 0.25) is 0 Å². The van der Waals surface area contributed by atoms with E-state index in [0.717, 1.165) is 50.2 Å². The van der Waals surface area contributed by atoms with Crippen LogP contribution in [0.15, 0.2) is 42.9 Å². The van der Waals surface area contributed by atoms with Gasteiger partial charge in [0.15, 0.2) is 0 Å². The number of amides is 1. The van der Waals surface area contributed by atoms with Crippen molar-refractivity contribution in [3.63, 3.8) is 0 Å². The largest absolute Gasteiger partial charge is 0.355 e. The smallest absolute Gasteiger partial charge is 0.226 e. The molecule has 1 aliphatic carbocycles. The predicted octanol–water partition coefficient (Wildman–Crippen LogP) is 3.02. The summed E-state index contributed by atoms with van der Waals surface area (Å²) in [7, 11) is 0. The van der Waals surface area contributed by atoms with Gasteiger partial charge in [-0.15, -0.1) is 0 Å². The molecule has 1 saturated heterocycles. The molecule has 0 spiro atoms. The van der Waals surface area contributed by atoms with E-state index < -0.39 is 0 Å². The molecule has 2 fully saturated rings. The summed E-state index contributed by atoms with van der Waals surface area (Å²) in [5, 5.41) is 0. The van der Waals surface area contributed by atoms with Gasteiger partial charge in [0, 0.05) is 44.0 Å². The predicted molar refractivity (Wildman–Crippen MR) is 96.9 cm³/mol. The van der Waals surface area contributed by atoms with Gasteiger partial charge in [0.25, 0.3) is 0 Å². The summed E-state index contributed by atoms with van der Waals surface area (Å²) in [6.07, 6.45) is 8.88. The monoisotopic (exact) mass is 354 g/mol. The second-order valence-electron chi connectivity index (χ2n) is 7.15. The van der Waals surface area contributed by atoms with Crippen LogP contribution in [-0.2, 0) is 11.3 Å². The summed E-state index contributed by atoms with van der Waals surface area (Å²) in [6, 6.07) is 6.89. The molecule has 0 N–H and O–H groups in total. The average Bonchev–Trinajstić information content (AvgIpc) is 3.52. The van der Waals surface area contributed by atoms with Gasteiger partial charge in [0.1, 0.15) is 11.6 Å². The third-order valence-corrected chi connectivity index (χ3v) is 5.23. The Morgan fingerprint density at radius 2 is 2.00 bits per heavy atom. The number of hydrogen-bond donors (Lipinski definition) is 0. The summed E-state index contributed by atoms with van der Waals surface area (Å²) >= 11 is 0. The molecule has 4 rings (SSSR count). The fourth-order valence-electron chi connectivity index (χ4n) is 3.65. The molecule has 0 unspecified atom stereocenters. The Bertz CT molecular complexity index is 757. The highest BCUT2D eigenvalue weighted by molar-refractivity contribution is 5.80. The first-order valence-electron chi connectivity index (χ1n) is 9.26. The van der Waals surface area contributed by atoms with Crippen molar-refractivity contribution in [2.24, 2.45) is 5.92 Å². The van der Waals surface area contributed by atoms with Gasteiger partial charge < -0.3 is 9.80 Å². The van der Waals surface area contributed by atoms with E-state index in [1.807, 2.05) is 11.0 Å². The molecule has 0 atom stereocenters. The second-order valence-corrected chi connectivity index (χ2v) is 7.15. The van der Waals surface area contributed by atoms with Crippen molar-refractivity contribution in [1.29, 1.82) is 0 Å². The normalized spacial score (nSPS) is 18.0. The summed E-state index contributed by atoms with van der Waals surface area (Å²) in [5.41, 5.74) is 0.863. The van der Waals surface area contributed by atoms with Gasteiger partial charge in [-0.1, -0.05) is 12.1 Å². The number of anilines is 1. The van der Waals surface area contributed by atoms with Crippen molar-refractivity contribution >= 4 is 11.7 Å². The Kier molecular flexibility index (Phi) is 4.82. The number of nitrogens with zero attached hydrogens (tertiary/aromatic N) is 4. The standard InChI is InChI=1S/C20H23FN4O/c21-17-3-1-2-15(12-17)14-25(18-4-5-18)20(26)16-6-10-24(11-7-16)19-13-22-8-9-23-19/h1-3,8-9,12-13,16,18H,4-7,10-11,14H2. The van der Waals surface area contributed by atoms with Crippen molar-refractivity contribution in [2.45, 2.75) is 38.3 Å². The molecule has 2 aliphatic rings. The van der Waals surface area contributed by atoms with Gasteiger partial charge >= 0.3 is 0 Å². The van der Waals surface area contributed by atoms with Crippen molar-refractivity contribution in [3.05, 3.63) is 54.2 Å². The number of halogens is 1. The average molecular weight is 354 g/mol. The molecule has 0 radical (unpaired) electrons. The first kappa shape index (κ1) is 16.9. The fraction of sp³-hybridized carbons (Fsp3) is 0.450. The van der Waals surface area contributed by atoms with Crippen LogP contribution in [-0.4, -0.2) is 39.9 Å². The minimum atomic E-state index is -0.247. The molecular formula is C20H23FN4O. The molecule has 1 amide bonds. The Labute approximate surface area is 152 Å². The molecule has 1 aliphatic heterocycles. The lowest BCUT2D eigenvalue weighted by molar-refractivity contribution is -0.137. The van der Waals surface area contributed by atoms with E-state index >= 15 is 0 Å². The Balaban J connectivity index is 1.39. The lowest BCUT2D eigenvalue weighted by Crippen LogP contribution is -2.43. The van der Waals surface area contributed by atoms with Gasteiger partial charge in [0.05, 0.1) is 6.20 Å². The van der Waals surface area contributed by atoms with E-state index in [1.165, 1.54) is 12.1 Å². The highest BCUT2D eigenvalue weighted by Gasteiger charge is 2.37. The minimum Gasteiger partial charge on any atom is -0.355 e. The van der Waals surface area contributed by atoms with E-state index in [1.54, 1.807) is 24.7 Å². The number of piperidine rings is 1. The fourth-order valence-corrected chi connectivity index (χ4v) is 3.65. The third-order valence-electron chi connectivity index (χ3n) is 5.23. The number of aromatic nitrogens is 2. The third kappa shape index (κ3) is 3.84. The van der Waals surface area contributed by atoms with E-state index in [-0.39, 0.29) is 17.6 Å². The van der Waals surface area contributed by atoms with Crippen molar-refractivity contribution in [1.82, 2.24) is 14.9 Å². The molecule has 5 nitrogen and oxygen atoms in total. The Morgan fingerprint density at radius 1 is 1.19 bits per heavy atom. The summed E-state index contributed by atoms with van der Waals surface area (Å²) < 4.78 is 13.5. The maximum atomic E-state index is 13.5. The summed E-state index contributed by atoms with van der Waals surface area (Å²) in [4.78, 5) is 25.7. The van der Waals surface area contributed by atoms with Crippen LogP contribution in [0.5, 0.6) is 0 Å². The van der Waals surface area contributed by atoms with E-state index in [2.05, 4.69) is 14.9 Å². The SMILES string of the molecule is O=C(C1CCN(c2cnccn2)CC1)N(Cc1cccc(F)c1)C1CC1. The zero-order valence-corrected chi connectivity index (χ0v) is 14.7. The summed E-state index contributed by atoms with van der Waals surface area (Å²) in [6.45, 7) is 2.13. The lowest BCUT2D eigenvalue weighted by atomic mass is 9.95. The maximum absolute atomic E-state index is 13.5. The number of carbonyl (C=O) groups excluding carboxylic acids is 1. The number of hydrogen-bond acceptors (Lipinski definition) is 4. The minimum absolute atomic E-state index is 0.0390. The number of rotatable bonds is 5. The molecule has 1 saturated carbocycles. The van der Waals surface area contributed by atoms with Crippen molar-refractivity contribution < 1.29 is 9.18 Å². The van der Waals surface area contributed by atoms with Crippen LogP contribution in [0.1, 0.15) is 31.2 Å². The number of benzene rings is 1. The first-order chi connectivity index (χ1) is 12.7. The van der Waals surface area contributed by atoms with E-state index in [0.29, 0.717) is 12.6 Å². The van der Waals surface area contributed by atoms with Crippen LogP contribution in [0, 0.1) is 11.7 Å². The Hall–Kier alpha value is -2.50. The van der Waals surface area contributed by atoms with Gasteiger partial charge in [-0.2, -0.15) is 0 Å².